The minimum atomic E-state index is -0.400. The summed E-state index contributed by atoms with van der Waals surface area (Å²) in [5, 5.41) is 4.07. The molecule has 9 heteroatoms. The molecule has 2 aromatic heterocycles. The van der Waals surface area contributed by atoms with Gasteiger partial charge in [-0.3, -0.25) is 23.7 Å². The number of nitrogens with zero attached hydrogens (tertiary/aromatic N) is 3. The van der Waals surface area contributed by atoms with Gasteiger partial charge in [0.1, 0.15) is 5.39 Å². The number of ether oxygens (including phenoxy) is 1. The molecule has 0 saturated carbocycles. The molecule has 0 bridgehead atoms. The predicted octanol–water partition coefficient (Wildman–Crippen LogP) is 3.72. The van der Waals surface area contributed by atoms with Crippen molar-refractivity contribution in [2.45, 2.75) is 39.3 Å². The maximum atomic E-state index is 14.0. The van der Waals surface area contributed by atoms with Gasteiger partial charge in [-0.25, -0.2) is 0 Å². The molecule has 9 nitrogen and oxygen atoms in total. The Morgan fingerprint density at radius 1 is 0.975 bits per heavy atom. The van der Waals surface area contributed by atoms with E-state index >= 15 is 0 Å². The number of pyridine rings is 1. The standard InChI is InChI=1S/C31H33N4O5/c1-19(2)30(38)34-16-14-21(15-17-34)32-29(37)27-28(40-4)25-26(33(27)3)22-12-8-9-13-23(22)35(31(25)39)18-24(36)20-10-6-5-7-11-20/h5-13,21H,14-18H2,1-4H3,(H,32,37). The van der Waals surface area contributed by atoms with Gasteiger partial charge in [-0.1, -0.05) is 48.5 Å². The molecule has 1 radical (unpaired) electrons. The van der Waals surface area contributed by atoms with Crippen LogP contribution in [0.4, 0.5) is 0 Å². The van der Waals surface area contributed by atoms with Crippen LogP contribution in [0.5, 0.6) is 5.75 Å². The molecule has 1 aliphatic rings. The zero-order valence-corrected chi connectivity index (χ0v) is 23.2. The SMILES string of the molecule is COc1c(C(=O)NC2CCN(C(=O)[C](C)C)CC2)n(C)c2c1c(=O)n(CC(=O)c1ccccc1)c1ccccc21. The fraction of sp³-hybridized carbons (Fsp3) is 0.323. The molecule has 207 valence electrons. The molecule has 2 amide bonds. The highest BCUT2D eigenvalue weighted by atomic mass is 16.5. The summed E-state index contributed by atoms with van der Waals surface area (Å²) in [5.41, 5.74) is 1.52. The minimum absolute atomic E-state index is 0.0361. The summed E-state index contributed by atoms with van der Waals surface area (Å²) in [4.78, 5) is 54.9. The van der Waals surface area contributed by atoms with E-state index in [1.54, 1.807) is 60.7 Å². The van der Waals surface area contributed by atoms with Crippen molar-refractivity contribution >= 4 is 39.4 Å². The van der Waals surface area contributed by atoms with Gasteiger partial charge in [-0.05, 0) is 32.8 Å². The van der Waals surface area contributed by atoms with Gasteiger partial charge in [0.2, 0.25) is 5.91 Å². The van der Waals surface area contributed by atoms with Gasteiger partial charge in [0, 0.05) is 37.1 Å². The molecular formula is C31H33N4O5. The van der Waals surface area contributed by atoms with Crippen molar-refractivity contribution in [3.8, 4) is 5.75 Å². The van der Waals surface area contributed by atoms with Gasteiger partial charge in [0.25, 0.3) is 11.5 Å². The van der Waals surface area contributed by atoms with E-state index in [0.717, 1.165) is 11.3 Å². The van der Waals surface area contributed by atoms with Gasteiger partial charge in [0.15, 0.2) is 17.2 Å². The maximum Gasteiger partial charge on any atom is 0.272 e. The third-order valence-corrected chi connectivity index (χ3v) is 7.62. The van der Waals surface area contributed by atoms with Crippen LogP contribution in [0.1, 0.15) is 47.5 Å². The van der Waals surface area contributed by atoms with E-state index in [1.807, 2.05) is 24.3 Å². The van der Waals surface area contributed by atoms with E-state index in [0.29, 0.717) is 42.5 Å². The van der Waals surface area contributed by atoms with Crippen LogP contribution in [0, 0.1) is 5.92 Å². The second-order valence-electron chi connectivity index (χ2n) is 10.4. The first-order valence-corrected chi connectivity index (χ1v) is 13.4. The largest absolute Gasteiger partial charge is 0.493 e. The van der Waals surface area contributed by atoms with Crippen LogP contribution in [0.15, 0.2) is 59.4 Å². The van der Waals surface area contributed by atoms with Gasteiger partial charge in [-0.2, -0.15) is 0 Å². The number of carbonyl (C=O) groups excluding carboxylic acids is 3. The van der Waals surface area contributed by atoms with E-state index < -0.39 is 5.56 Å². The van der Waals surface area contributed by atoms with Crippen molar-refractivity contribution < 1.29 is 19.1 Å². The third kappa shape index (κ3) is 4.76. The number of nitrogens with one attached hydrogen (secondary N) is 1. The lowest BCUT2D eigenvalue weighted by atomic mass is 10.0. The average Bonchev–Trinajstić information content (AvgIpc) is 3.28. The monoisotopic (exact) mass is 541 g/mol. The Kier molecular flexibility index (Phi) is 7.47. The minimum Gasteiger partial charge on any atom is -0.493 e. The molecule has 1 saturated heterocycles. The number of rotatable bonds is 7. The van der Waals surface area contributed by atoms with Crippen LogP contribution in [0.3, 0.4) is 0 Å². The molecule has 0 unspecified atom stereocenters. The van der Waals surface area contributed by atoms with Crippen molar-refractivity contribution in [3.63, 3.8) is 0 Å². The lowest BCUT2D eigenvalue weighted by Crippen LogP contribution is -2.47. The fourth-order valence-corrected chi connectivity index (χ4v) is 5.59. The molecule has 4 aromatic rings. The molecule has 1 N–H and O–H groups in total. The van der Waals surface area contributed by atoms with Crippen LogP contribution >= 0.6 is 0 Å². The fourth-order valence-electron chi connectivity index (χ4n) is 5.59. The smallest absolute Gasteiger partial charge is 0.272 e. The Balaban J connectivity index is 1.54. The van der Waals surface area contributed by atoms with Gasteiger partial charge >= 0.3 is 0 Å². The number of para-hydroxylation sites is 1. The van der Waals surface area contributed by atoms with E-state index in [9.17, 15) is 19.2 Å². The van der Waals surface area contributed by atoms with Crippen LogP contribution < -0.4 is 15.6 Å². The maximum absolute atomic E-state index is 14.0. The van der Waals surface area contributed by atoms with E-state index in [4.69, 9.17) is 4.74 Å². The number of aryl methyl sites for hydroxylation is 1. The number of hydrogen-bond donors (Lipinski definition) is 1. The summed E-state index contributed by atoms with van der Waals surface area (Å²) in [6.45, 7) is 4.58. The number of carbonyl (C=O) groups is 3. The van der Waals surface area contributed by atoms with Crippen molar-refractivity contribution in [3.05, 3.63) is 82.1 Å². The first-order valence-electron chi connectivity index (χ1n) is 13.4. The third-order valence-electron chi connectivity index (χ3n) is 7.62. The van der Waals surface area contributed by atoms with Gasteiger partial charge < -0.3 is 19.5 Å². The highest BCUT2D eigenvalue weighted by Crippen LogP contribution is 2.35. The number of likely N-dealkylation sites (tertiary alicyclic amines) is 1. The van der Waals surface area contributed by atoms with E-state index in [1.165, 1.54) is 11.7 Å². The van der Waals surface area contributed by atoms with E-state index in [-0.39, 0.29) is 47.0 Å². The normalized spacial score (nSPS) is 14.2. The van der Waals surface area contributed by atoms with Crippen molar-refractivity contribution in [1.82, 2.24) is 19.4 Å². The number of hydrogen-bond acceptors (Lipinski definition) is 5. The number of piperidine rings is 1. The second-order valence-corrected chi connectivity index (χ2v) is 10.4. The number of Topliss-reactive ketones (excluding diaryl/α,β-unsaturated/α-hetero) is 1. The Morgan fingerprint density at radius 3 is 2.27 bits per heavy atom. The highest BCUT2D eigenvalue weighted by Gasteiger charge is 2.30. The zero-order chi connectivity index (χ0) is 28.6. The summed E-state index contributed by atoms with van der Waals surface area (Å²) in [5.74, 6) is 0.408. The Morgan fingerprint density at radius 2 is 1.62 bits per heavy atom. The number of methoxy groups -OCH3 is 1. The number of aromatic nitrogens is 2. The Labute approximate surface area is 232 Å². The van der Waals surface area contributed by atoms with Crippen LogP contribution in [-0.2, 0) is 18.4 Å². The Bertz CT molecular complexity index is 1660. The first-order chi connectivity index (χ1) is 19.2. The lowest BCUT2D eigenvalue weighted by Gasteiger charge is -2.33. The summed E-state index contributed by atoms with van der Waals surface area (Å²) in [7, 11) is 3.18. The van der Waals surface area contributed by atoms with Crippen molar-refractivity contribution in [2.75, 3.05) is 20.2 Å². The van der Waals surface area contributed by atoms with Crippen LogP contribution in [-0.4, -0.2) is 57.9 Å². The quantitative estimate of drug-likeness (QED) is 0.359. The Hall–Kier alpha value is -4.40. The molecular weight excluding hydrogens is 508 g/mol. The number of benzene rings is 2. The molecule has 1 fully saturated rings. The molecule has 0 aliphatic carbocycles. The second kappa shape index (κ2) is 11.0. The van der Waals surface area contributed by atoms with Gasteiger partial charge in [-0.15, -0.1) is 0 Å². The van der Waals surface area contributed by atoms with Crippen LogP contribution in [0.25, 0.3) is 21.8 Å². The van der Waals surface area contributed by atoms with Crippen molar-refractivity contribution in [1.29, 1.82) is 0 Å². The predicted molar refractivity (Wildman–Crippen MR) is 154 cm³/mol. The molecule has 40 heavy (non-hydrogen) atoms. The van der Waals surface area contributed by atoms with Gasteiger partial charge in [0.05, 0.1) is 30.6 Å². The average molecular weight is 542 g/mol. The summed E-state index contributed by atoms with van der Waals surface area (Å²) in [6, 6.07) is 16.1. The summed E-state index contributed by atoms with van der Waals surface area (Å²) < 4.78 is 8.86. The number of ketones is 1. The summed E-state index contributed by atoms with van der Waals surface area (Å²) in [6.07, 6.45) is 1.27. The molecule has 0 spiro atoms. The zero-order valence-electron chi connectivity index (χ0n) is 23.2. The molecule has 1 aliphatic heterocycles. The molecule has 5 rings (SSSR count). The molecule has 0 atom stereocenters. The van der Waals surface area contributed by atoms with Crippen molar-refractivity contribution in [2.24, 2.45) is 7.05 Å². The lowest BCUT2D eigenvalue weighted by molar-refractivity contribution is -0.130. The summed E-state index contributed by atoms with van der Waals surface area (Å²) >= 11 is 0. The number of fused-ring (bicyclic) bond motifs is 3. The molecule has 3 heterocycles. The molecule has 2 aromatic carbocycles. The first kappa shape index (κ1) is 27.2. The number of amides is 2. The topological polar surface area (TPSA) is 103 Å². The van der Waals surface area contributed by atoms with E-state index in [2.05, 4.69) is 5.32 Å². The highest BCUT2D eigenvalue weighted by molar-refractivity contribution is 6.12. The van der Waals surface area contributed by atoms with Crippen LogP contribution in [0.2, 0.25) is 0 Å².